The Kier molecular flexibility index (Phi) is 16.2. The molecule has 62 heavy (non-hydrogen) atoms. The summed E-state index contributed by atoms with van der Waals surface area (Å²) in [6.07, 6.45) is 3.52. The van der Waals surface area contributed by atoms with Gasteiger partial charge in [-0.25, -0.2) is 9.46 Å². The third-order valence-corrected chi connectivity index (χ3v) is 12.5. The fourth-order valence-electron chi connectivity index (χ4n) is 7.44. The molecule has 1 N–H and O–H groups in total. The Morgan fingerprint density at radius 2 is 1.47 bits per heavy atom. The van der Waals surface area contributed by atoms with E-state index in [1.165, 1.54) is 4.57 Å². The van der Waals surface area contributed by atoms with Gasteiger partial charge in [0.25, 0.3) is 14.4 Å². The lowest BCUT2D eigenvalue weighted by Crippen LogP contribution is -2.39. The second-order valence-electron chi connectivity index (χ2n) is 15.1. The molecule has 5 aromatic rings. The summed E-state index contributed by atoms with van der Waals surface area (Å²) in [6.45, 7) is 8.60. The van der Waals surface area contributed by atoms with Crippen LogP contribution >= 0.6 is 8.53 Å². The number of hydrogen-bond acceptors (Lipinski definition) is 11. The predicted octanol–water partition coefficient (Wildman–Crippen LogP) is 9.03. The highest BCUT2D eigenvalue weighted by atomic mass is 31.2. The van der Waals surface area contributed by atoms with Crippen molar-refractivity contribution in [3.8, 4) is 17.6 Å². The van der Waals surface area contributed by atoms with Gasteiger partial charge in [0.05, 0.1) is 46.0 Å². The van der Waals surface area contributed by atoms with Crippen molar-refractivity contribution in [3.63, 3.8) is 0 Å². The highest BCUT2D eigenvalue weighted by Crippen LogP contribution is 2.50. The third-order valence-electron chi connectivity index (χ3n) is 10.4. The van der Waals surface area contributed by atoms with E-state index in [2.05, 4.69) is 48.7 Å². The van der Waals surface area contributed by atoms with E-state index >= 15 is 0 Å². The molecule has 1 fully saturated rings. The summed E-state index contributed by atoms with van der Waals surface area (Å²) in [5, 5.41) is 11.8. The molecule has 1 aliphatic rings. The third kappa shape index (κ3) is 11.0. The van der Waals surface area contributed by atoms with Crippen molar-refractivity contribution in [2.45, 2.75) is 76.7 Å². The van der Waals surface area contributed by atoms with E-state index in [9.17, 15) is 9.59 Å². The number of rotatable bonds is 20. The molecule has 1 aliphatic heterocycles. The molecule has 4 atom stereocenters. The van der Waals surface area contributed by atoms with E-state index in [0.717, 1.165) is 16.7 Å². The fourth-order valence-corrected chi connectivity index (χ4v) is 9.17. The van der Waals surface area contributed by atoms with Crippen LogP contribution in [0.1, 0.15) is 73.8 Å². The predicted molar refractivity (Wildman–Crippen MR) is 239 cm³/mol. The first-order chi connectivity index (χ1) is 30.1. The summed E-state index contributed by atoms with van der Waals surface area (Å²) in [7, 11) is 1.57. The number of aromatic nitrogens is 2. The Hall–Kier alpha value is -5.71. The Labute approximate surface area is 364 Å². The minimum Gasteiger partial charge on any atom is -0.497 e. The van der Waals surface area contributed by atoms with Crippen molar-refractivity contribution in [2.24, 2.45) is 0 Å². The molecular formula is C48H54N5O8P. The molecular weight excluding hydrogens is 806 g/mol. The smallest absolute Gasteiger partial charge is 0.351 e. The van der Waals surface area contributed by atoms with Crippen LogP contribution in [-0.4, -0.2) is 71.9 Å². The molecule has 1 saturated heterocycles. The number of nitrogens with zero attached hydrogens (tertiary/aromatic N) is 4. The van der Waals surface area contributed by atoms with E-state index < -0.39 is 38.3 Å². The normalized spacial score (nSPS) is 17.1. The van der Waals surface area contributed by atoms with Crippen molar-refractivity contribution in [3.05, 3.63) is 166 Å². The number of methoxy groups -OCH3 is 2. The van der Waals surface area contributed by atoms with Gasteiger partial charge in [-0.2, -0.15) is 10.2 Å². The molecule has 1 amide bonds. The van der Waals surface area contributed by atoms with Crippen LogP contribution in [0.3, 0.4) is 0 Å². The zero-order valence-corrected chi connectivity index (χ0v) is 36.8. The van der Waals surface area contributed by atoms with Crippen LogP contribution in [0, 0.1) is 11.3 Å². The largest absolute Gasteiger partial charge is 0.497 e. The standard InChI is InChI=1S/C48H54N5O8P/c1-34(2)53(35(3)4)62(59-31-15-9-14-29-49)61-42-32-45(52-30-28-44(51-47(52)55)50-46(54)36-16-10-7-11-17-36)60-43(42)33-58-48(37-18-12-8-13-19-37,38-20-24-40(56-5)25-21-38)39-22-26-41(57-6)27-23-39/h7-13,15-28,30,34-35,42-43,45H,14,31-33H2,1-6H3,(H,50,51,54,55)/b15-9+/t42-,43+,45+,62?/m0/s1. The summed E-state index contributed by atoms with van der Waals surface area (Å²) >= 11 is 0. The van der Waals surface area contributed by atoms with E-state index in [0.29, 0.717) is 17.1 Å². The van der Waals surface area contributed by atoms with E-state index in [1.807, 2.05) is 91.0 Å². The van der Waals surface area contributed by atoms with Crippen LogP contribution in [0.25, 0.3) is 0 Å². The number of benzene rings is 4. The molecule has 0 radical (unpaired) electrons. The van der Waals surface area contributed by atoms with Crippen molar-refractivity contribution < 1.29 is 32.8 Å². The van der Waals surface area contributed by atoms with E-state index in [1.54, 1.807) is 56.8 Å². The number of amides is 1. The monoisotopic (exact) mass is 859 g/mol. The number of allylic oxidation sites excluding steroid dienone is 1. The van der Waals surface area contributed by atoms with Gasteiger partial charge in [-0.3, -0.25) is 9.36 Å². The minimum absolute atomic E-state index is 0.0239. The van der Waals surface area contributed by atoms with Crippen LogP contribution in [0.5, 0.6) is 11.5 Å². The lowest BCUT2D eigenvalue weighted by molar-refractivity contribution is -0.0924. The second-order valence-corrected chi connectivity index (χ2v) is 16.5. The van der Waals surface area contributed by atoms with E-state index in [-0.39, 0.29) is 49.9 Å². The number of nitrogens with one attached hydrogen (secondary N) is 1. The molecule has 0 spiro atoms. The number of carbonyl (C=O) groups excluding carboxylic acids is 1. The van der Waals surface area contributed by atoms with Gasteiger partial charge in [0.1, 0.15) is 35.2 Å². The van der Waals surface area contributed by atoms with Crippen molar-refractivity contribution in [1.29, 1.82) is 5.26 Å². The number of anilines is 1. The SMILES string of the molecule is COc1ccc(C(OC[C@H]2O[C@@H](n3ccc(NC(=O)c4ccccc4)nc3=O)C[C@@H]2OP(OC/C=C/CC#N)N(C(C)C)C(C)C)(c2ccccc2)c2ccc(OC)cc2)cc1. The molecule has 0 aliphatic carbocycles. The number of hydrogen-bond donors (Lipinski definition) is 1. The Balaban J connectivity index is 1.39. The summed E-state index contributed by atoms with van der Waals surface area (Å²) in [5.74, 6) is 1.12. The van der Waals surface area contributed by atoms with Crippen LogP contribution in [0.2, 0.25) is 0 Å². The minimum atomic E-state index is -1.69. The molecule has 13 nitrogen and oxygen atoms in total. The highest BCUT2D eigenvalue weighted by Gasteiger charge is 2.45. The zero-order valence-electron chi connectivity index (χ0n) is 35.9. The Morgan fingerprint density at radius 1 is 0.887 bits per heavy atom. The number of carbonyl (C=O) groups is 1. The lowest BCUT2D eigenvalue weighted by atomic mass is 9.80. The van der Waals surface area contributed by atoms with Gasteiger partial charge < -0.3 is 33.3 Å². The van der Waals surface area contributed by atoms with Crippen LogP contribution in [0.4, 0.5) is 5.82 Å². The van der Waals surface area contributed by atoms with Crippen LogP contribution in [-0.2, 0) is 24.1 Å². The summed E-state index contributed by atoms with van der Waals surface area (Å²) < 4.78 is 42.3. The van der Waals surface area contributed by atoms with Gasteiger partial charge in [-0.05, 0) is 86.8 Å². The Morgan fingerprint density at radius 3 is 2.02 bits per heavy atom. The second kappa shape index (κ2) is 21.9. The van der Waals surface area contributed by atoms with Crippen molar-refractivity contribution >= 4 is 20.3 Å². The molecule has 6 rings (SSSR count). The van der Waals surface area contributed by atoms with Gasteiger partial charge in [0, 0.05) is 30.3 Å². The van der Waals surface area contributed by atoms with Gasteiger partial charge in [-0.1, -0.05) is 84.9 Å². The first-order valence-corrected chi connectivity index (χ1v) is 21.7. The van der Waals surface area contributed by atoms with Gasteiger partial charge in [-0.15, -0.1) is 0 Å². The van der Waals surface area contributed by atoms with Gasteiger partial charge in [0.2, 0.25) is 0 Å². The summed E-state index contributed by atoms with van der Waals surface area (Å²) in [5.41, 5.74) is 1.23. The number of ether oxygens (including phenoxy) is 4. The number of nitriles is 1. The van der Waals surface area contributed by atoms with Gasteiger partial charge in [0.15, 0.2) is 0 Å². The average Bonchev–Trinajstić information content (AvgIpc) is 3.69. The van der Waals surface area contributed by atoms with Gasteiger partial charge >= 0.3 is 5.69 Å². The average molecular weight is 860 g/mol. The van der Waals surface area contributed by atoms with Crippen LogP contribution < -0.4 is 20.5 Å². The molecule has 1 aromatic heterocycles. The molecule has 4 aromatic carbocycles. The molecule has 14 heteroatoms. The van der Waals surface area contributed by atoms with Crippen molar-refractivity contribution in [2.75, 3.05) is 32.8 Å². The van der Waals surface area contributed by atoms with Crippen LogP contribution in [0.15, 0.2) is 138 Å². The molecule has 324 valence electrons. The molecule has 2 heterocycles. The molecule has 0 bridgehead atoms. The topological polar surface area (TPSA) is 146 Å². The highest BCUT2D eigenvalue weighted by molar-refractivity contribution is 7.44. The maximum absolute atomic E-state index is 13.7. The maximum atomic E-state index is 13.7. The lowest BCUT2D eigenvalue weighted by Gasteiger charge is -2.39. The first kappa shape index (κ1) is 45.8. The Bertz CT molecular complexity index is 2260. The zero-order chi connectivity index (χ0) is 44.1. The van der Waals surface area contributed by atoms with E-state index in [4.69, 9.17) is 33.3 Å². The quantitative estimate of drug-likeness (QED) is 0.0455. The summed E-state index contributed by atoms with van der Waals surface area (Å²) in [6, 6.07) is 38.0. The van der Waals surface area contributed by atoms with Crippen molar-refractivity contribution in [1.82, 2.24) is 14.2 Å². The summed E-state index contributed by atoms with van der Waals surface area (Å²) in [4.78, 5) is 30.8. The molecule has 0 saturated carbocycles. The fraction of sp³-hybridized carbons (Fsp3) is 0.333. The molecule has 1 unspecified atom stereocenters. The first-order valence-electron chi connectivity index (χ1n) is 20.6. The maximum Gasteiger partial charge on any atom is 0.351 e.